The maximum Gasteiger partial charge on any atom is 0.237 e. The Morgan fingerprint density at radius 3 is 2.79 bits per heavy atom. The second-order valence-electron chi connectivity index (χ2n) is 6.08. The second kappa shape index (κ2) is 6.84. The summed E-state index contributed by atoms with van der Waals surface area (Å²) >= 11 is 1.44. The van der Waals surface area contributed by atoms with Crippen molar-refractivity contribution in [3.05, 3.63) is 29.6 Å². The van der Waals surface area contributed by atoms with Crippen LogP contribution in [0.5, 0.6) is 5.75 Å². The van der Waals surface area contributed by atoms with E-state index < -0.39 is 0 Å². The van der Waals surface area contributed by atoms with Crippen LogP contribution < -0.4 is 10.1 Å². The largest absolute Gasteiger partial charge is 0.495 e. The fourth-order valence-electron chi connectivity index (χ4n) is 2.55. The Morgan fingerprint density at radius 2 is 2.12 bits per heavy atom. The molecule has 1 aliphatic carbocycles. The van der Waals surface area contributed by atoms with Gasteiger partial charge < -0.3 is 14.6 Å². The average Bonchev–Trinajstić information content (AvgIpc) is 3.32. The highest BCUT2D eigenvalue weighted by atomic mass is 32.2. The Hall–Kier alpha value is -2.02. The standard InChI is InChI=1S/C17H22N4O2S/c1-10-5-8-15(23-4)14(9-10)18-16(22)11(2)24-17-20-19-12(3)21(17)13-6-7-13/h5,8-9,11,13H,6-7H2,1-4H3,(H,18,22)/t11-/m1/s1. The van der Waals surface area contributed by atoms with Crippen molar-refractivity contribution in [3.63, 3.8) is 0 Å². The van der Waals surface area contributed by atoms with E-state index in [2.05, 4.69) is 20.1 Å². The van der Waals surface area contributed by atoms with E-state index >= 15 is 0 Å². The van der Waals surface area contributed by atoms with Gasteiger partial charge in [0.2, 0.25) is 5.91 Å². The maximum absolute atomic E-state index is 12.6. The molecule has 128 valence electrons. The van der Waals surface area contributed by atoms with Gasteiger partial charge in [-0.05, 0) is 51.3 Å². The van der Waals surface area contributed by atoms with Crippen molar-refractivity contribution in [3.8, 4) is 5.75 Å². The first-order valence-electron chi connectivity index (χ1n) is 8.03. The fraction of sp³-hybridized carbons (Fsp3) is 0.471. The van der Waals surface area contributed by atoms with Gasteiger partial charge in [0.1, 0.15) is 11.6 Å². The fourth-order valence-corrected chi connectivity index (χ4v) is 3.51. The lowest BCUT2D eigenvalue weighted by Gasteiger charge is -2.15. The van der Waals surface area contributed by atoms with Crippen LogP contribution in [0.25, 0.3) is 0 Å². The molecule has 24 heavy (non-hydrogen) atoms. The number of ether oxygens (including phenoxy) is 1. The summed E-state index contributed by atoms with van der Waals surface area (Å²) in [7, 11) is 1.60. The summed E-state index contributed by atoms with van der Waals surface area (Å²) in [6, 6.07) is 6.21. The zero-order valence-electron chi connectivity index (χ0n) is 14.4. The molecule has 1 fully saturated rings. The quantitative estimate of drug-likeness (QED) is 0.812. The minimum atomic E-state index is -0.281. The zero-order valence-corrected chi connectivity index (χ0v) is 15.2. The monoisotopic (exact) mass is 346 g/mol. The van der Waals surface area contributed by atoms with Gasteiger partial charge in [-0.1, -0.05) is 17.8 Å². The number of aromatic nitrogens is 3. The van der Waals surface area contributed by atoms with Crippen molar-refractivity contribution < 1.29 is 9.53 Å². The van der Waals surface area contributed by atoms with Gasteiger partial charge >= 0.3 is 0 Å². The number of hydrogen-bond donors (Lipinski definition) is 1. The number of anilines is 1. The Morgan fingerprint density at radius 1 is 1.38 bits per heavy atom. The van der Waals surface area contributed by atoms with Gasteiger partial charge in [0.05, 0.1) is 18.0 Å². The molecule has 0 unspecified atom stereocenters. The number of nitrogens with zero attached hydrogens (tertiary/aromatic N) is 3. The number of benzene rings is 1. The first-order chi connectivity index (χ1) is 11.5. The molecule has 1 saturated carbocycles. The minimum absolute atomic E-state index is 0.0769. The molecule has 2 aromatic rings. The lowest BCUT2D eigenvalue weighted by Crippen LogP contribution is -2.23. The number of hydrogen-bond acceptors (Lipinski definition) is 5. The van der Waals surface area contributed by atoms with Crippen molar-refractivity contribution in [1.29, 1.82) is 0 Å². The molecule has 1 N–H and O–H groups in total. The van der Waals surface area contributed by atoms with Crippen molar-refractivity contribution in [2.24, 2.45) is 0 Å². The van der Waals surface area contributed by atoms with Gasteiger partial charge in [-0.15, -0.1) is 10.2 Å². The molecule has 1 aromatic carbocycles. The highest BCUT2D eigenvalue weighted by Crippen LogP contribution is 2.39. The van der Waals surface area contributed by atoms with Crippen LogP contribution in [0.4, 0.5) is 5.69 Å². The van der Waals surface area contributed by atoms with Gasteiger partial charge in [0, 0.05) is 6.04 Å². The topological polar surface area (TPSA) is 69.0 Å². The number of thioether (sulfide) groups is 1. The van der Waals surface area contributed by atoms with Gasteiger partial charge in [-0.3, -0.25) is 4.79 Å². The van der Waals surface area contributed by atoms with E-state index in [1.807, 2.05) is 39.0 Å². The summed E-state index contributed by atoms with van der Waals surface area (Å²) in [5, 5.41) is 11.9. The molecule has 1 atom stereocenters. The summed E-state index contributed by atoms with van der Waals surface area (Å²) in [6.45, 7) is 5.81. The van der Waals surface area contributed by atoms with Crippen LogP contribution >= 0.6 is 11.8 Å². The van der Waals surface area contributed by atoms with Crippen LogP contribution in [0.2, 0.25) is 0 Å². The maximum atomic E-state index is 12.6. The van der Waals surface area contributed by atoms with Crippen LogP contribution in [-0.2, 0) is 4.79 Å². The van der Waals surface area contributed by atoms with Crippen LogP contribution in [0.1, 0.15) is 37.2 Å². The number of aryl methyl sites for hydroxylation is 2. The Bertz CT molecular complexity index is 755. The smallest absolute Gasteiger partial charge is 0.237 e. The van der Waals surface area contributed by atoms with Crippen LogP contribution in [-0.4, -0.2) is 33.0 Å². The first kappa shape index (κ1) is 16.8. The number of rotatable bonds is 6. The van der Waals surface area contributed by atoms with Crippen molar-refractivity contribution in [2.75, 3.05) is 12.4 Å². The molecule has 1 amide bonds. The van der Waals surface area contributed by atoms with Gasteiger partial charge in [0.15, 0.2) is 5.16 Å². The molecule has 1 aliphatic rings. The van der Waals surface area contributed by atoms with E-state index in [4.69, 9.17) is 4.74 Å². The highest BCUT2D eigenvalue weighted by molar-refractivity contribution is 8.00. The molecule has 0 saturated heterocycles. The highest BCUT2D eigenvalue weighted by Gasteiger charge is 2.30. The number of amides is 1. The molecule has 1 heterocycles. The molecular weight excluding hydrogens is 324 g/mol. The summed E-state index contributed by atoms with van der Waals surface area (Å²) in [5.41, 5.74) is 1.75. The third-order valence-corrected chi connectivity index (χ3v) is 5.07. The lowest BCUT2D eigenvalue weighted by molar-refractivity contribution is -0.115. The lowest BCUT2D eigenvalue weighted by atomic mass is 10.2. The summed E-state index contributed by atoms with van der Waals surface area (Å²) in [5.74, 6) is 1.49. The normalized spacial score (nSPS) is 15.2. The molecule has 7 heteroatoms. The predicted molar refractivity (Wildman–Crippen MR) is 94.7 cm³/mol. The number of carbonyl (C=O) groups is 1. The molecular formula is C17H22N4O2S. The van der Waals surface area contributed by atoms with E-state index in [0.29, 0.717) is 17.5 Å². The van der Waals surface area contributed by atoms with Crippen LogP contribution in [0.15, 0.2) is 23.4 Å². The minimum Gasteiger partial charge on any atom is -0.495 e. The molecule has 3 rings (SSSR count). The first-order valence-corrected chi connectivity index (χ1v) is 8.91. The van der Waals surface area contributed by atoms with Crippen molar-refractivity contribution in [1.82, 2.24) is 14.8 Å². The third kappa shape index (κ3) is 3.56. The number of methoxy groups -OCH3 is 1. The second-order valence-corrected chi connectivity index (χ2v) is 7.39. The molecule has 0 bridgehead atoms. The zero-order chi connectivity index (χ0) is 17.3. The van der Waals surface area contributed by atoms with E-state index in [1.165, 1.54) is 11.8 Å². The van der Waals surface area contributed by atoms with Gasteiger partial charge in [-0.2, -0.15) is 0 Å². The van der Waals surface area contributed by atoms with Crippen LogP contribution in [0.3, 0.4) is 0 Å². The summed E-state index contributed by atoms with van der Waals surface area (Å²) in [6.07, 6.45) is 2.32. The summed E-state index contributed by atoms with van der Waals surface area (Å²) in [4.78, 5) is 12.6. The van der Waals surface area contributed by atoms with E-state index in [1.54, 1.807) is 7.11 Å². The van der Waals surface area contributed by atoms with Crippen LogP contribution in [0, 0.1) is 13.8 Å². The molecule has 0 aliphatic heterocycles. The third-order valence-electron chi connectivity index (χ3n) is 4.01. The van der Waals surface area contributed by atoms with Gasteiger partial charge in [0.25, 0.3) is 0 Å². The number of nitrogens with one attached hydrogen (secondary N) is 1. The predicted octanol–water partition coefficient (Wildman–Crippen LogP) is 3.36. The Kier molecular flexibility index (Phi) is 4.80. The van der Waals surface area contributed by atoms with Crippen molar-refractivity contribution in [2.45, 2.75) is 50.1 Å². The average molecular weight is 346 g/mol. The Labute approximate surface area is 146 Å². The van der Waals surface area contributed by atoms with E-state index in [-0.39, 0.29) is 11.2 Å². The molecule has 1 aromatic heterocycles. The van der Waals surface area contributed by atoms with Crippen molar-refractivity contribution >= 4 is 23.4 Å². The molecule has 0 radical (unpaired) electrons. The Balaban J connectivity index is 1.70. The van der Waals surface area contributed by atoms with Gasteiger partial charge in [-0.25, -0.2) is 0 Å². The molecule has 0 spiro atoms. The SMILES string of the molecule is COc1ccc(C)cc1NC(=O)[C@@H](C)Sc1nnc(C)n1C1CC1. The van der Waals surface area contributed by atoms with E-state index in [9.17, 15) is 4.79 Å². The summed E-state index contributed by atoms with van der Waals surface area (Å²) < 4.78 is 7.45. The van der Waals surface area contributed by atoms with E-state index in [0.717, 1.165) is 29.4 Å². The molecule has 6 nitrogen and oxygen atoms in total. The number of carbonyl (C=O) groups excluding carboxylic acids is 1.